The second-order valence-electron chi connectivity index (χ2n) is 5.49. The van der Waals surface area contributed by atoms with Crippen LogP contribution in [0.2, 0.25) is 5.02 Å². The molecule has 1 saturated heterocycles. The number of nitrogens with zero attached hydrogens (tertiary/aromatic N) is 2. The van der Waals surface area contributed by atoms with Gasteiger partial charge in [-0.15, -0.1) is 0 Å². The van der Waals surface area contributed by atoms with Crippen LogP contribution in [-0.2, 0) is 14.3 Å². The van der Waals surface area contributed by atoms with E-state index in [-0.39, 0.29) is 24.2 Å². The molecule has 1 aliphatic heterocycles. The number of ether oxygens (including phenoxy) is 1. The van der Waals surface area contributed by atoms with Crippen LogP contribution in [0.5, 0.6) is 0 Å². The van der Waals surface area contributed by atoms with Crippen molar-refractivity contribution in [1.82, 2.24) is 4.90 Å². The summed E-state index contributed by atoms with van der Waals surface area (Å²) in [7, 11) is 3.41. The quantitative estimate of drug-likeness (QED) is 0.754. The van der Waals surface area contributed by atoms with Crippen LogP contribution in [0.3, 0.4) is 0 Å². The van der Waals surface area contributed by atoms with Crippen LogP contribution in [0, 0.1) is 5.92 Å². The molecule has 0 spiro atoms. The van der Waals surface area contributed by atoms with Crippen molar-refractivity contribution in [3.63, 3.8) is 0 Å². The lowest BCUT2D eigenvalue weighted by Gasteiger charge is -2.21. The molecule has 5 nitrogen and oxygen atoms in total. The lowest BCUT2D eigenvalue weighted by Crippen LogP contribution is -2.35. The largest absolute Gasteiger partial charge is 0.385 e. The van der Waals surface area contributed by atoms with E-state index in [1.54, 1.807) is 42.2 Å². The van der Waals surface area contributed by atoms with Crippen molar-refractivity contribution >= 4 is 29.1 Å². The zero-order chi connectivity index (χ0) is 16.1. The molecule has 6 heteroatoms. The van der Waals surface area contributed by atoms with Crippen LogP contribution in [0.4, 0.5) is 5.69 Å². The minimum atomic E-state index is -0.293. The van der Waals surface area contributed by atoms with Crippen molar-refractivity contribution in [3.8, 4) is 0 Å². The van der Waals surface area contributed by atoms with Gasteiger partial charge in [0.2, 0.25) is 11.8 Å². The topological polar surface area (TPSA) is 49.9 Å². The highest BCUT2D eigenvalue weighted by atomic mass is 35.5. The second kappa shape index (κ2) is 7.61. The fraction of sp³-hybridized carbons (Fsp3) is 0.500. The molecule has 0 bridgehead atoms. The maximum Gasteiger partial charge on any atom is 0.227 e. The van der Waals surface area contributed by atoms with Gasteiger partial charge in [0.25, 0.3) is 0 Å². The SMILES string of the molecule is COCCCN(C)C(=O)C1CC(=O)N(c2cccc(Cl)c2)C1. The third-order valence-corrected chi connectivity index (χ3v) is 4.05. The zero-order valence-corrected chi connectivity index (χ0v) is 13.7. The molecule has 0 radical (unpaired) electrons. The highest BCUT2D eigenvalue weighted by molar-refractivity contribution is 6.30. The Labute approximate surface area is 135 Å². The standard InChI is InChI=1S/C16H21ClN2O3/c1-18(7-4-8-22-2)16(21)12-9-15(20)19(11-12)14-6-3-5-13(17)10-14/h3,5-6,10,12H,4,7-9,11H2,1-2H3. The molecular formula is C16H21ClN2O3. The van der Waals surface area contributed by atoms with Gasteiger partial charge in [-0.2, -0.15) is 0 Å². The number of hydrogen-bond acceptors (Lipinski definition) is 3. The second-order valence-corrected chi connectivity index (χ2v) is 5.93. The number of carbonyl (C=O) groups is 2. The van der Waals surface area contributed by atoms with Gasteiger partial charge >= 0.3 is 0 Å². The Bertz CT molecular complexity index is 550. The van der Waals surface area contributed by atoms with E-state index in [9.17, 15) is 9.59 Å². The Morgan fingerprint density at radius 3 is 2.95 bits per heavy atom. The Morgan fingerprint density at radius 2 is 2.27 bits per heavy atom. The molecule has 0 aromatic heterocycles. The van der Waals surface area contributed by atoms with Gasteiger partial charge in [-0.05, 0) is 24.6 Å². The Morgan fingerprint density at radius 1 is 1.50 bits per heavy atom. The summed E-state index contributed by atoms with van der Waals surface area (Å²) in [6.07, 6.45) is 1.04. The van der Waals surface area contributed by atoms with Crippen molar-refractivity contribution in [2.24, 2.45) is 5.92 Å². The van der Waals surface area contributed by atoms with E-state index in [1.165, 1.54) is 0 Å². The summed E-state index contributed by atoms with van der Waals surface area (Å²) in [5, 5.41) is 0.580. The average Bonchev–Trinajstić information content (AvgIpc) is 2.88. The molecule has 0 aliphatic carbocycles. The highest BCUT2D eigenvalue weighted by Gasteiger charge is 2.36. The molecule has 2 rings (SSSR count). The van der Waals surface area contributed by atoms with Gasteiger partial charge in [-0.1, -0.05) is 17.7 Å². The van der Waals surface area contributed by atoms with Gasteiger partial charge in [0, 0.05) is 51.0 Å². The molecular weight excluding hydrogens is 304 g/mol. The summed E-state index contributed by atoms with van der Waals surface area (Å²) in [5.74, 6) is -0.320. The van der Waals surface area contributed by atoms with E-state index in [1.807, 2.05) is 6.07 Å². The smallest absolute Gasteiger partial charge is 0.227 e. The molecule has 0 N–H and O–H groups in total. The van der Waals surface area contributed by atoms with Crippen molar-refractivity contribution in [2.45, 2.75) is 12.8 Å². The molecule has 1 aromatic carbocycles. The predicted octanol–water partition coefficient (Wildman–Crippen LogP) is 2.19. The fourth-order valence-electron chi connectivity index (χ4n) is 2.63. The molecule has 1 fully saturated rings. The van der Waals surface area contributed by atoms with Gasteiger partial charge < -0.3 is 14.5 Å². The number of benzene rings is 1. The highest BCUT2D eigenvalue weighted by Crippen LogP contribution is 2.27. The number of methoxy groups -OCH3 is 1. The van der Waals surface area contributed by atoms with E-state index in [0.29, 0.717) is 24.7 Å². The van der Waals surface area contributed by atoms with Crippen LogP contribution in [0.25, 0.3) is 0 Å². The van der Waals surface area contributed by atoms with Crippen LogP contribution < -0.4 is 4.90 Å². The first kappa shape index (κ1) is 16.8. The number of anilines is 1. The maximum atomic E-state index is 12.4. The third-order valence-electron chi connectivity index (χ3n) is 3.81. The lowest BCUT2D eigenvalue weighted by molar-refractivity contribution is -0.134. The molecule has 1 atom stereocenters. The van der Waals surface area contributed by atoms with Gasteiger partial charge in [-0.25, -0.2) is 0 Å². The predicted molar refractivity (Wildman–Crippen MR) is 86.0 cm³/mol. The minimum Gasteiger partial charge on any atom is -0.385 e. The summed E-state index contributed by atoms with van der Waals surface area (Å²) < 4.78 is 4.99. The Balaban J connectivity index is 1.98. The van der Waals surface area contributed by atoms with E-state index >= 15 is 0 Å². The van der Waals surface area contributed by atoms with E-state index < -0.39 is 0 Å². The first-order valence-electron chi connectivity index (χ1n) is 7.32. The molecule has 1 unspecified atom stereocenters. The molecule has 1 heterocycles. The van der Waals surface area contributed by atoms with Crippen molar-refractivity contribution in [3.05, 3.63) is 29.3 Å². The molecule has 2 amide bonds. The Hall–Kier alpha value is -1.59. The van der Waals surface area contributed by atoms with Crippen molar-refractivity contribution in [1.29, 1.82) is 0 Å². The Kier molecular flexibility index (Phi) is 5.80. The number of rotatable bonds is 6. The summed E-state index contributed by atoms with van der Waals surface area (Å²) in [6.45, 7) is 1.66. The number of carbonyl (C=O) groups excluding carboxylic acids is 2. The lowest BCUT2D eigenvalue weighted by atomic mass is 10.1. The van der Waals surface area contributed by atoms with Crippen LogP contribution in [-0.4, -0.2) is 50.6 Å². The molecule has 0 saturated carbocycles. The van der Waals surface area contributed by atoms with E-state index in [0.717, 1.165) is 12.1 Å². The first-order valence-corrected chi connectivity index (χ1v) is 7.70. The summed E-state index contributed by atoms with van der Waals surface area (Å²) >= 11 is 5.97. The van der Waals surface area contributed by atoms with Gasteiger partial charge in [-0.3, -0.25) is 9.59 Å². The van der Waals surface area contributed by atoms with Gasteiger partial charge in [0.05, 0.1) is 5.92 Å². The zero-order valence-electron chi connectivity index (χ0n) is 12.9. The van der Waals surface area contributed by atoms with E-state index in [2.05, 4.69) is 0 Å². The van der Waals surface area contributed by atoms with Gasteiger partial charge in [0.15, 0.2) is 0 Å². The van der Waals surface area contributed by atoms with Gasteiger partial charge in [0.1, 0.15) is 0 Å². The summed E-state index contributed by atoms with van der Waals surface area (Å²) in [6, 6.07) is 7.14. The van der Waals surface area contributed by atoms with Crippen molar-refractivity contribution < 1.29 is 14.3 Å². The first-order chi connectivity index (χ1) is 10.5. The van der Waals surface area contributed by atoms with Crippen molar-refractivity contribution in [2.75, 3.05) is 38.8 Å². The number of amides is 2. The third kappa shape index (κ3) is 3.99. The summed E-state index contributed by atoms with van der Waals surface area (Å²) in [4.78, 5) is 27.9. The average molecular weight is 325 g/mol. The van der Waals surface area contributed by atoms with Crippen LogP contribution >= 0.6 is 11.6 Å². The maximum absolute atomic E-state index is 12.4. The van der Waals surface area contributed by atoms with Crippen LogP contribution in [0.15, 0.2) is 24.3 Å². The number of hydrogen-bond donors (Lipinski definition) is 0. The fourth-order valence-corrected chi connectivity index (χ4v) is 2.82. The molecule has 1 aromatic rings. The monoisotopic (exact) mass is 324 g/mol. The number of halogens is 1. The van der Waals surface area contributed by atoms with E-state index in [4.69, 9.17) is 16.3 Å². The molecule has 120 valence electrons. The molecule has 22 heavy (non-hydrogen) atoms. The molecule has 1 aliphatic rings. The summed E-state index contributed by atoms with van der Waals surface area (Å²) in [5.41, 5.74) is 0.745. The minimum absolute atomic E-state index is 0.00832. The normalized spacial score (nSPS) is 17.9. The van der Waals surface area contributed by atoms with Crippen LogP contribution in [0.1, 0.15) is 12.8 Å².